The first-order valence-electron chi connectivity index (χ1n) is 10.3. The molecule has 3 aromatic rings. The Morgan fingerprint density at radius 2 is 1.90 bits per heavy atom. The Balaban J connectivity index is 1.31. The Kier molecular flexibility index (Phi) is 4.55. The van der Waals surface area contributed by atoms with Crippen LogP contribution in [0.1, 0.15) is 34.3 Å². The van der Waals surface area contributed by atoms with Gasteiger partial charge in [-0.2, -0.15) is 13.2 Å². The monoisotopic (exact) mass is 429 g/mol. The molecule has 1 aliphatic carbocycles. The van der Waals surface area contributed by atoms with Gasteiger partial charge in [0.25, 0.3) is 0 Å². The van der Waals surface area contributed by atoms with Gasteiger partial charge in [-0.3, -0.25) is 9.69 Å². The van der Waals surface area contributed by atoms with E-state index in [9.17, 15) is 18.0 Å². The zero-order valence-electron chi connectivity index (χ0n) is 17.0. The topological polar surface area (TPSA) is 65.1 Å². The van der Waals surface area contributed by atoms with Crippen molar-refractivity contribution in [3.8, 4) is 0 Å². The molecule has 2 fully saturated rings. The molecule has 0 atom stereocenters. The molecule has 0 bridgehead atoms. The molecule has 1 spiro atoms. The van der Waals surface area contributed by atoms with Gasteiger partial charge in [0.05, 0.1) is 17.5 Å². The summed E-state index contributed by atoms with van der Waals surface area (Å²) >= 11 is 0. The molecule has 31 heavy (non-hydrogen) atoms. The number of nitrogens with one attached hydrogen (secondary N) is 1. The number of piperazine rings is 1. The van der Waals surface area contributed by atoms with E-state index in [0.717, 1.165) is 60.5 Å². The van der Waals surface area contributed by atoms with Crippen LogP contribution in [0.15, 0.2) is 36.8 Å². The van der Waals surface area contributed by atoms with Crippen molar-refractivity contribution < 1.29 is 18.0 Å². The molecule has 0 radical (unpaired) electrons. The number of hydrogen-bond donors (Lipinski definition) is 1. The lowest BCUT2D eigenvalue weighted by molar-refractivity contribution is -0.137. The predicted molar refractivity (Wildman–Crippen MR) is 110 cm³/mol. The van der Waals surface area contributed by atoms with E-state index in [1.54, 1.807) is 6.33 Å². The second kappa shape index (κ2) is 7.05. The number of fused-ring (bicyclic) bond motifs is 1. The number of H-pyrrole nitrogens is 1. The molecule has 9 heteroatoms. The summed E-state index contributed by atoms with van der Waals surface area (Å²) in [6.45, 7) is 4.42. The van der Waals surface area contributed by atoms with E-state index in [1.165, 1.54) is 12.1 Å². The third kappa shape index (κ3) is 3.56. The van der Waals surface area contributed by atoms with Crippen molar-refractivity contribution >= 4 is 22.6 Å². The van der Waals surface area contributed by atoms with Crippen LogP contribution < -0.4 is 4.90 Å². The van der Waals surface area contributed by atoms with Crippen molar-refractivity contribution in [1.29, 1.82) is 0 Å². The van der Waals surface area contributed by atoms with Crippen molar-refractivity contribution in [1.82, 2.24) is 19.9 Å². The van der Waals surface area contributed by atoms with Crippen molar-refractivity contribution in [2.24, 2.45) is 0 Å². The number of aromatic amines is 1. The highest BCUT2D eigenvalue weighted by atomic mass is 19.4. The molecule has 1 N–H and O–H groups in total. The van der Waals surface area contributed by atoms with E-state index in [2.05, 4.69) is 24.8 Å². The zero-order chi connectivity index (χ0) is 21.8. The van der Waals surface area contributed by atoms with Crippen LogP contribution in [0.4, 0.5) is 19.0 Å². The number of carbonyl (C=O) groups is 1. The standard InChI is InChI=1S/C22H22F3N5O/c1-14-10-26-19-18(14)20(28-13-27-19)29-8-9-30(21(12-29)6-7-21)11-17(31)15-2-4-16(5-3-15)22(23,24)25/h2-5,10,13H,6-9,11-12H2,1H3,(H,26,27,28). The normalized spacial score (nSPS) is 18.6. The quantitative estimate of drug-likeness (QED) is 0.639. The van der Waals surface area contributed by atoms with Crippen LogP contribution in [0.2, 0.25) is 0 Å². The Hall–Kier alpha value is -2.94. The molecule has 0 amide bonds. The first-order chi connectivity index (χ1) is 14.8. The SMILES string of the molecule is Cc1c[nH]c2ncnc(N3CCN(CC(=O)c4ccc(C(F)(F)F)cc4)C4(CC4)C3)c12. The summed E-state index contributed by atoms with van der Waals surface area (Å²) in [5, 5.41) is 1.02. The number of halogens is 3. The van der Waals surface area contributed by atoms with Crippen LogP contribution in [-0.2, 0) is 6.18 Å². The second-order valence-electron chi connectivity index (χ2n) is 8.46. The van der Waals surface area contributed by atoms with Gasteiger partial charge in [-0.05, 0) is 37.5 Å². The zero-order valence-corrected chi connectivity index (χ0v) is 17.0. The first kappa shape index (κ1) is 20.0. The van der Waals surface area contributed by atoms with E-state index in [0.29, 0.717) is 12.1 Å². The molecule has 1 saturated carbocycles. The number of alkyl halides is 3. The van der Waals surface area contributed by atoms with Gasteiger partial charge in [-0.25, -0.2) is 9.97 Å². The van der Waals surface area contributed by atoms with Gasteiger partial charge in [-0.1, -0.05) is 12.1 Å². The lowest BCUT2D eigenvalue weighted by Gasteiger charge is -2.42. The minimum absolute atomic E-state index is 0.0820. The van der Waals surface area contributed by atoms with Gasteiger partial charge in [0.15, 0.2) is 5.78 Å². The molecule has 2 aliphatic rings. The van der Waals surface area contributed by atoms with E-state index >= 15 is 0 Å². The van der Waals surface area contributed by atoms with Gasteiger partial charge >= 0.3 is 6.18 Å². The van der Waals surface area contributed by atoms with E-state index in [4.69, 9.17) is 0 Å². The third-order valence-corrected chi connectivity index (χ3v) is 6.44. The van der Waals surface area contributed by atoms with Crippen molar-refractivity contribution in [3.05, 3.63) is 53.5 Å². The average Bonchev–Trinajstić information content (AvgIpc) is 3.42. The van der Waals surface area contributed by atoms with Crippen LogP contribution in [0.3, 0.4) is 0 Å². The van der Waals surface area contributed by atoms with Gasteiger partial charge in [0, 0.05) is 36.9 Å². The summed E-state index contributed by atoms with van der Waals surface area (Å²) in [5.74, 6) is 0.753. The van der Waals surface area contributed by atoms with E-state index in [-0.39, 0.29) is 17.9 Å². The van der Waals surface area contributed by atoms with Gasteiger partial charge in [-0.15, -0.1) is 0 Å². The number of aryl methyl sites for hydroxylation is 1. The van der Waals surface area contributed by atoms with Crippen molar-refractivity contribution in [3.63, 3.8) is 0 Å². The maximum Gasteiger partial charge on any atom is 0.416 e. The van der Waals surface area contributed by atoms with Crippen LogP contribution >= 0.6 is 0 Å². The molecule has 162 valence electrons. The molecule has 5 rings (SSSR count). The Bertz CT molecular complexity index is 1130. The highest BCUT2D eigenvalue weighted by Gasteiger charge is 2.52. The number of anilines is 1. The van der Waals surface area contributed by atoms with Gasteiger partial charge in [0.2, 0.25) is 0 Å². The third-order valence-electron chi connectivity index (χ3n) is 6.44. The smallest absolute Gasteiger partial charge is 0.353 e. The minimum atomic E-state index is -4.40. The Morgan fingerprint density at radius 3 is 2.58 bits per heavy atom. The van der Waals surface area contributed by atoms with Crippen molar-refractivity contribution in [2.75, 3.05) is 31.1 Å². The number of Topliss-reactive ketones (excluding diaryl/α,β-unsaturated/α-hetero) is 1. The molecule has 1 aliphatic heterocycles. The fourth-order valence-electron chi connectivity index (χ4n) is 4.51. The second-order valence-corrected chi connectivity index (χ2v) is 8.46. The summed E-state index contributed by atoms with van der Waals surface area (Å²) in [5.41, 5.74) is 1.39. The van der Waals surface area contributed by atoms with Gasteiger partial charge in [0.1, 0.15) is 17.8 Å². The first-order valence-corrected chi connectivity index (χ1v) is 10.3. The lowest BCUT2D eigenvalue weighted by Crippen LogP contribution is -2.56. The molecule has 3 heterocycles. The highest BCUT2D eigenvalue weighted by molar-refractivity contribution is 5.97. The van der Waals surface area contributed by atoms with Crippen LogP contribution in [0.5, 0.6) is 0 Å². The maximum atomic E-state index is 12.8. The number of rotatable bonds is 4. The Labute approximate surface area is 177 Å². The predicted octanol–water partition coefficient (Wildman–Crippen LogP) is 3.82. The number of carbonyl (C=O) groups excluding carboxylic acids is 1. The van der Waals surface area contributed by atoms with Crippen molar-refractivity contribution in [2.45, 2.75) is 31.5 Å². The molecular formula is C22H22F3N5O. The van der Waals surface area contributed by atoms with Gasteiger partial charge < -0.3 is 9.88 Å². The summed E-state index contributed by atoms with van der Waals surface area (Å²) in [4.78, 5) is 29.2. The molecule has 1 saturated heterocycles. The number of ketones is 1. The number of benzene rings is 1. The van der Waals surface area contributed by atoms with Crippen LogP contribution in [0.25, 0.3) is 11.0 Å². The maximum absolute atomic E-state index is 12.8. The van der Waals surface area contributed by atoms with E-state index in [1.807, 2.05) is 13.1 Å². The summed E-state index contributed by atoms with van der Waals surface area (Å²) < 4.78 is 38.3. The van der Waals surface area contributed by atoms with E-state index < -0.39 is 11.7 Å². The summed E-state index contributed by atoms with van der Waals surface area (Å²) in [7, 11) is 0. The fraction of sp³-hybridized carbons (Fsp3) is 0.409. The molecule has 2 aromatic heterocycles. The average molecular weight is 429 g/mol. The molecule has 1 aromatic carbocycles. The van der Waals surface area contributed by atoms with Crippen LogP contribution in [0, 0.1) is 6.92 Å². The number of nitrogens with zero attached hydrogens (tertiary/aromatic N) is 4. The Morgan fingerprint density at radius 1 is 1.16 bits per heavy atom. The minimum Gasteiger partial charge on any atom is -0.353 e. The molecular weight excluding hydrogens is 407 g/mol. The summed E-state index contributed by atoms with van der Waals surface area (Å²) in [6.07, 6.45) is 1.07. The van der Waals surface area contributed by atoms with Crippen LogP contribution in [-0.4, -0.2) is 57.4 Å². The fourth-order valence-corrected chi connectivity index (χ4v) is 4.51. The largest absolute Gasteiger partial charge is 0.416 e. The molecule has 6 nitrogen and oxygen atoms in total. The number of hydrogen-bond acceptors (Lipinski definition) is 5. The highest BCUT2D eigenvalue weighted by Crippen LogP contribution is 2.45. The lowest BCUT2D eigenvalue weighted by atomic mass is 10.0. The molecule has 0 unspecified atom stereocenters. The summed E-state index contributed by atoms with van der Waals surface area (Å²) in [6, 6.07) is 4.48. The number of aromatic nitrogens is 3.